The Balaban J connectivity index is 1.70. The molecule has 2 heterocycles. The van der Waals surface area contributed by atoms with Crippen molar-refractivity contribution in [1.82, 2.24) is 10.2 Å². The van der Waals surface area contributed by atoms with Gasteiger partial charge in [-0.25, -0.2) is 8.42 Å². The maximum atomic E-state index is 13.1. The van der Waals surface area contributed by atoms with Gasteiger partial charge < -0.3 is 10.2 Å². The second-order valence-electron chi connectivity index (χ2n) is 6.56. The standard InChI is InChI=1S/C20H19N3O3S2/c1-14(15-8-4-2-5-9-15)21-19(24)18-17(16-10-6-3-7-11-16)23-12-13-28(25,26)22-20(23)27-18/h2-11,14H,12-13H2,1H3,(H,21,24)/t14-/m0/s1. The van der Waals surface area contributed by atoms with Crippen molar-refractivity contribution in [2.75, 3.05) is 12.3 Å². The summed E-state index contributed by atoms with van der Waals surface area (Å²) in [6.45, 7) is 2.20. The van der Waals surface area contributed by atoms with E-state index in [1.807, 2.05) is 72.5 Å². The molecule has 0 aliphatic carbocycles. The molecule has 1 N–H and O–H groups in total. The molecule has 6 nitrogen and oxygen atoms in total. The minimum Gasteiger partial charge on any atom is -0.345 e. The van der Waals surface area contributed by atoms with E-state index in [0.717, 1.165) is 22.9 Å². The van der Waals surface area contributed by atoms with Crippen molar-refractivity contribution in [3.05, 3.63) is 76.7 Å². The fraction of sp³-hybridized carbons (Fsp3) is 0.200. The average molecular weight is 414 g/mol. The summed E-state index contributed by atoms with van der Waals surface area (Å²) in [5.74, 6) is -0.308. The van der Waals surface area contributed by atoms with Crippen molar-refractivity contribution in [3.63, 3.8) is 0 Å². The highest BCUT2D eigenvalue weighted by atomic mass is 32.2. The Bertz CT molecular complexity index is 1060. The van der Waals surface area contributed by atoms with Crippen molar-refractivity contribution in [2.24, 2.45) is 4.40 Å². The van der Waals surface area contributed by atoms with Gasteiger partial charge in [0.2, 0.25) is 0 Å². The van der Waals surface area contributed by atoms with Crippen LogP contribution < -0.4 is 5.32 Å². The Morgan fingerprint density at radius 1 is 1.11 bits per heavy atom. The molecule has 4 rings (SSSR count). The number of nitrogens with one attached hydrogen (secondary N) is 1. The number of amides is 1. The quantitative estimate of drug-likeness (QED) is 0.834. The average Bonchev–Trinajstić information content (AvgIpc) is 3.06. The van der Waals surface area contributed by atoms with Crippen molar-refractivity contribution >= 4 is 38.6 Å². The van der Waals surface area contributed by atoms with Gasteiger partial charge in [-0.3, -0.25) is 4.79 Å². The van der Waals surface area contributed by atoms with Gasteiger partial charge in [-0.05, 0) is 29.8 Å². The maximum absolute atomic E-state index is 13.1. The van der Waals surface area contributed by atoms with E-state index in [-0.39, 0.29) is 24.2 Å². The van der Waals surface area contributed by atoms with Gasteiger partial charge in [0.15, 0.2) is 5.17 Å². The molecular weight excluding hydrogens is 394 g/mol. The molecule has 2 aromatic rings. The summed E-state index contributed by atoms with van der Waals surface area (Å²) >= 11 is 1.11. The number of carbonyl (C=O) groups excluding carboxylic acids is 1. The minimum atomic E-state index is -3.49. The van der Waals surface area contributed by atoms with E-state index >= 15 is 0 Å². The Morgan fingerprint density at radius 3 is 2.43 bits per heavy atom. The number of thioether (sulfide) groups is 1. The normalized spacial score (nSPS) is 19.0. The monoisotopic (exact) mass is 413 g/mol. The van der Waals surface area contributed by atoms with Crippen LogP contribution >= 0.6 is 11.8 Å². The van der Waals surface area contributed by atoms with Crippen LogP contribution in [0.5, 0.6) is 0 Å². The first kappa shape index (κ1) is 18.8. The lowest BCUT2D eigenvalue weighted by Gasteiger charge is -2.25. The van der Waals surface area contributed by atoms with E-state index in [1.165, 1.54) is 0 Å². The van der Waals surface area contributed by atoms with Gasteiger partial charge in [0.1, 0.15) is 4.91 Å². The first-order valence-electron chi connectivity index (χ1n) is 8.88. The van der Waals surface area contributed by atoms with Crippen LogP contribution in [0.15, 0.2) is 70.0 Å². The number of hydrogen-bond acceptors (Lipinski definition) is 5. The van der Waals surface area contributed by atoms with E-state index < -0.39 is 10.0 Å². The highest BCUT2D eigenvalue weighted by Gasteiger charge is 2.38. The highest BCUT2D eigenvalue weighted by molar-refractivity contribution is 8.19. The first-order chi connectivity index (χ1) is 13.4. The topological polar surface area (TPSA) is 78.8 Å². The molecule has 1 amide bonds. The number of carbonyl (C=O) groups is 1. The molecule has 0 radical (unpaired) electrons. The van der Waals surface area contributed by atoms with Crippen molar-refractivity contribution in [1.29, 1.82) is 0 Å². The summed E-state index contributed by atoms with van der Waals surface area (Å²) in [5, 5.41) is 3.36. The number of benzene rings is 2. The molecule has 0 saturated carbocycles. The number of nitrogens with zero attached hydrogens (tertiary/aromatic N) is 2. The fourth-order valence-corrected chi connectivity index (χ4v) is 5.47. The van der Waals surface area contributed by atoms with Gasteiger partial charge in [-0.15, -0.1) is 4.40 Å². The Kier molecular flexibility index (Phi) is 4.99. The van der Waals surface area contributed by atoms with Crippen LogP contribution in [0.1, 0.15) is 24.1 Å². The van der Waals surface area contributed by atoms with Crippen LogP contribution in [0.3, 0.4) is 0 Å². The number of hydrogen-bond donors (Lipinski definition) is 1. The number of fused-ring (bicyclic) bond motifs is 1. The summed E-state index contributed by atoms with van der Waals surface area (Å²) in [7, 11) is -3.49. The first-order valence-corrected chi connectivity index (χ1v) is 11.3. The number of amidine groups is 1. The molecule has 144 valence electrons. The van der Waals surface area contributed by atoms with Crippen LogP contribution in [0.25, 0.3) is 5.70 Å². The molecule has 2 aromatic carbocycles. The van der Waals surface area contributed by atoms with Gasteiger partial charge in [0, 0.05) is 6.54 Å². The van der Waals surface area contributed by atoms with Crippen molar-refractivity contribution < 1.29 is 13.2 Å². The molecule has 0 bridgehead atoms. The molecule has 1 atom stereocenters. The third kappa shape index (κ3) is 3.70. The molecular formula is C20H19N3O3S2. The SMILES string of the molecule is C[C@H](NC(=O)C1=C(c2ccccc2)N2CCS(=O)(=O)N=C2S1)c1ccccc1. The Hall–Kier alpha value is -2.58. The van der Waals surface area contributed by atoms with E-state index in [1.54, 1.807) is 0 Å². The molecule has 0 fully saturated rings. The lowest BCUT2D eigenvalue weighted by Crippen LogP contribution is -2.34. The fourth-order valence-electron chi connectivity index (χ4n) is 3.18. The molecule has 28 heavy (non-hydrogen) atoms. The number of rotatable bonds is 4. The predicted octanol–water partition coefficient (Wildman–Crippen LogP) is 2.98. The van der Waals surface area contributed by atoms with Crippen molar-refractivity contribution in [2.45, 2.75) is 13.0 Å². The molecule has 0 saturated heterocycles. The van der Waals surface area contributed by atoms with Gasteiger partial charge in [0.25, 0.3) is 15.9 Å². The Morgan fingerprint density at radius 2 is 1.75 bits per heavy atom. The molecule has 0 aromatic heterocycles. The van der Waals surface area contributed by atoms with Crippen molar-refractivity contribution in [3.8, 4) is 0 Å². The largest absolute Gasteiger partial charge is 0.345 e. The van der Waals surface area contributed by atoms with Crippen LogP contribution in [-0.2, 0) is 14.8 Å². The summed E-state index contributed by atoms with van der Waals surface area (Å²) in [6, 6.07) is 19.0. The van der Waals surface area contributed by atoms with E-state index in [4.69, 9.17) is 0 Å². The second kappa shape index (κ2) is 7.44. The summed E-state index contributed by atoms with van der Waals surface area (Å²) in [6.07, 6.45) is 0. The Labute approximate surface area is 168 Å². The third-order valence-electron chi connectivity index (χ3n) is 4.60. The van der Waals surface area contributed by atoms with E-state index in [2.05, 4.69) is 9.71 Å². The predicted molar refractivity (Wildman–Crippen MR) is 112 cm³/mol. The lowest BCUT2D eigenvalue weighted by molar-refractivity contribution is -0.117. The molecule has 8 heteroatoms. The molecule has 2 aliphatic rings. The lowest BCUT2D eigenvalue weighted by atomic mass is 10.1. The van der Waals surface area contributed by atoms with Crippen LogP contribution in [0.4, 0.5) is 0 Å². The minimum absolute atomic E-state index is 0.0668. The molecule has 0 unspecified atom stereocenters. The summed E-state index contributed by atoms with van der Waals surface area (Å²) in [5.41, 5.74) is 2.56. The second-order valence-corrected chi connectivity index (χ2v) is 9.30. The zero-order valence-electron chi connectivity index (χ0n) is 15.2. The molecule has 0 spiro atoms. The smallest absolute Gasteiger partial charge is 0.260 e. The summed E-state index contributed by atoms with van der Waals surface area (Å²) in [4.78, 5) is 15.4. The summed E-state index contributed by atoms with van der Waals surface area (Å²) < 4.78 is 27.7. The van der Waals surface area contributed by atoms with Crippen LogP contribution in [0, 0.1) is 0 Å². The van der Waals surface area contributed by atoms with Gasteiger partial charge in [-0.1, -0.05) is 60.7 Å². The van der Waals surface area contributed by atoms with Gasteiger partial charge in [0.05, 0.1) is 17.5 Å². The van der Waals surface area contributed by atoms with Crippen LogP contribution in [-0.4, -0.2) is 36.7 Å². The van der Waals surface area contributed by atoms with Gasteiger partial charge in [-0.2, -0.15) is 0 Å². The third-order valence-corrected chi connectivity index (χ3v) is 6.94. The van der Waals surface area contributed by atoms with Crippen LogP contribution in [0.2, 0.25) is 0 Å². The highest BCUT2D eigenvalue weighted by Crippen LogP contribution is 2.41. The molecule has 2 aliphatic heterocycles. The van der Waals surface area contributed by atoms with Gasteiger partial charge >= 0.3 is 0 Å². The van der Waals surface area contributed by atoms with E-state index in [0.29, 0.717) is 15.8 Å². The zero-order valence-corrected chi connectivity index (χ0v) is 16.8. The maximum Gasteiger partial charge on any atom is 0.260 e. The van der Waals surface area contributed by atoms with E-state index in [9.17, 15) is 13.2 Å². The number of sulfonamides is 1. The zero-order chi connectivity index (χ0) is 19.7.